The van der Waals surface area contributed by atoms with E-state index < -0.39 is 0 Å². The third kappa shape index (κ3) is 2.48. The Labute approximate surface area is 106 Å². The van der Waals surface area contributed by atoms with Crippen LogP contribution in [0.5, 0.6) is 0 Å². The Morgan fingerprint density at radius 3 is 2.47 bits per heavy atom. The molecule has 2 rings (SSSR count). The number of benzene rings is 1. The molecule has 0 aliphatic carbocycles. The zero-order valence-corrected chi connectivity index (χ0v) is 11.7. The highest BCUT2D eigenvalue weighted by Gasteiger charge is 2.21. The van der Waals surface area contributed by atoms with Crippen molar-refractivity contribution in [3.63, 3.8) is 0 Å². The second-order valence-corrected chi connectivity index (χ2v) is 5.75. The summed E-state index contributed by atoms with van der Waals surface area (Å²) in [7, 11) is 0. The molecule has 0 spiro atoms. The van der Waals surface area contributed by atoms with E-state index in [4.69, 9.17) is 0 Å². The molecular formula is C16H25N. The SMILES string of the molecule is CC(C)c1cccc2c1N(C(C)C)CCCC2. The number of hydrogen-bond donors (Lipinski definition) is 0. The van der Waals surface area contributed by atoms with Gasteiger partial charge in [-0.25, -0.2) is 0 Å². The fourth-order valence-corrected chi connectivity index (χ4v) is 2.85. The largest absolute Gasteiger partial charge is 0.369 e. The number of fused-ring (bicyclic) bond motifs is 1. The molecule has 0 atom stereocenters. The molecule has 0 N–H and O–H groups in total. The van der Waals surface area contributed by atoms with E-state index in [-0.39, 0.29) is 0 Å². The van der Waals surface area contributed by atoms with Crippen LogP contribution in [-0.2, 0) is 6.42 Å². The van der Waals surface area contributed by atoms with E-state index in [1.54, 1.807) is 5.56 Å². The monoisotopic (exact) mass is 231 g/mol. The molecule has 17 heavy (non-hydrogen) atoms. The van der Waals surface area contributed by atoms with Gasteiger partial charge in [-0.2, -0.15) is 0 Å². The quantitative estimate of drug-likeness (QED) is 0.731. The zero-order chi connectivity index (χ0) is 12.4. The fourth-order valence-electron chi connectivity index (χ4n) is 2.85. The minimum absolute atomic E-state index is 0.603. The van der Waals surface area contributed by atoms with Gasteiger partial charge < -0.3 is 4.90 Å². The molecule has 0 amide bonds. The number of aryl methyl sites for hydroxylation is 1. The second-order valence-electron chi connectivity index (χ2n) is 5.75. The summed E-state index contributed by atoms with van der Waals surface area (Å²) >= 11 is 0. The van der Waals surface area contributed by atoms with E-state index in [9.17, 15) is 0 Å². The number of hydrogen-bond acceptors (Lipinski definition) is 1. The van der Waals surface area contributed by atoms with Gasteiger partial charge in [0, 0.05) is 18.3 Å². The molecule has 94 valence electrons. The topological polar surface area (TPSA) is 3.24 Å². The zero-order valence-electron chi connectivity index (χ0n) is 11.7. The minimum atomic E-state index is 0.603. The predicted molar refractivity (Wildman–Crippen MR) is 76.0 cm³/mol. The first-order valence-electron chi connectivity index (χ1n) is 6.99. The van der Waals surface area contributed by atoms with Gasteiger partial charge in [0.25, 0.3) is 0 Å². The summed E-state index contributed by atoms with van der Waals surface area (Å²) in [6.07, 6.45) is 3.90. The number of anilines is 1. The number of rotatable bonds is 2. The van der Waals surface area contributed by atoms with Crippen LogP contribution in [0.2, 0.25) is 0 Å². The third-order valence-corrected chi connectivity index (χ3v) is 3.78. The molecule has 0 fully saturated rings. The van der Waals surface area contributed by atoms with Gasteiger partial charge in [-0.15, -0.1) is 0 Å². The first kappa shape index (κ1) is 12.5. The summed E-state index contributed by atoms with van der Waals surface area (Å²) in [4.78, 5) is 2.61. The molecule has 1 aromatic carbocycles. The number of nitrogens with zero attached hydrogens (tertiary/aromatic N) is 1. The Balaban J connectivity index is 2.52. The average Bonchev–Trinajstić information content (AvgIpc) is 2.50. The van der Waals surface area contributed by atoms with Gasteiger partial charge in [0.05, 0.1) is 0 Å². The smallest absolute Gasteiger partial charge is 0.0436 e. The van der Waals surface area contributed by atoms with Crippen molar-refractivity contribution in [2.24, 2.45) is 0 Å². The summed E-state index contributed by atoms with van der Waals surface area (Å²) in [5.41, 5.74) is 4.62. The Morgan fingerprint density at radius 1 is 1.06 bits per heavy atom. The number of para-hydroxylation sites is 1. The van der Waals surface area contributed by atoms with E-state index >= 15 is 0 Å². The maximum atomic E-state index is 2.61. The average molecular weight is 231 g/mol. The van der Waals surface area contributed by atoms with Crippen LogP contribution in [0.4, 0.5) is 5.69 Å². The lowest BCUT2D eigenvalue weighted by Gasteiger charge is -2.32. The Hall–Kier alpha value is -0.980. The molecule has 1 heteroatoms. The molecule has 0 aromatic heterocycles. The van der Waals surface area contributed by atoms with Gasteiger partial charge in [0.2, 0.25) is 0 Å². The molecule has 1 aliphatic rings. The first-order valence-corrected chi connectivity index (χ1v) is 6.99. The van der Waals surface area contributed by atoms with Crippen LogP contribution < -0.4 is 4.90 Å². The van der Waals surface area contributed by atoms with Crippen LogP contribution in [-0.4, -0.2) is 12.6 Å². The minimum Gasteiger partial charge on any atom is -0.369 e. The summed E-state index contributed by atoms with van der Waals surface area (Å²) in [5, 5.41) is 0. The van der Waals surface area contributed by atoms with Gasteiger partial charge in [-0.3, -0.25) is 0 Å². The Kier molecular flexibility index (Phi) is 3.76. The van der Waals surface area contributed by atoms with Crippen LogP contribution >= 0.6 is 0 Å². The Bertz CT molecular complexity index is 379. The van der Waals surface area contributed by atoms with Gasteiger partial charge in [0.15, 0.2) is 0 Å². The summed E-state index contributed by atoms with van der Waals surface area (Å²) in [6, 6.07) is 7.47. The van der Waals surface area contributed by atoms with Crippen molar-refractivity contribution in [2.75, 3.05) is 11.4 Å². The highest BCUT2D eigenvalue weighted by molar-refractivity contribution is 5.62. The summed E-state index contributed by atoms with van der Waals surface area (Å²) in [5.74, 6) is 0.615. The molecule has 0 saturated carbocycles. The van der Waals surface area contributed by atoms with Crippen LogP contribution in [0.3, 0.4) is 0 Å². The summed E-state index contributed by atoms with van der Waals surface area (Å²) in [6.45, 7) is 10.4. The molecule has 1 aromatic rings. The van der Waals surface area contributed by atoms with Crippen molar-refractivity contribution in [1.82, 2.24) is 0 Å². The maximum absolute atomic E-state index is 2.61. The van der Waals surface area contributed by atoms with Crippen molar-refractivity contribution < 1.29 is 0 Å². The van der Waals surface area contributed by atoms with E-state index in [2.05, 4.69) is 50.8 Å². The standard InChI is InChI=1S/C16H25N/c1-12(2)15-10-7-9-14-8-5-6-11-17(13(3)4)16(14)15/h7,9-10,12-13H,5-6,8,11H2,1-4H3. The third-order valence-electron chi connectivity index (χ3n) is 3.78. The molecule has 0 bridgehead atoms. The highest BCUT2D eigenvalue weighted by Crippen LogP contribution is 2.35. The molecule has 1 nitrogen and oxygen atoms in total. The Morgan fingerprint density at radius 2 is 1.82 bits per heavy atom. The van der Waals surface area contributed by atoms with E-state index in [1.165, 1.54) is 37.1 Å². The van der Waals surface area contributed by atoms with Crippen LogP contribution in [0.15, 0.2) is 18.2 Å². The lowest BCUT2D eigenvalue weighted by atomic mass is 9.95. The maximum Gasteiger partial charge on any atom is 0.0436 e. The van der Waals surface area contributed by atoms with Crippen molar-refractivity contribution in [2.45, 2.75) is 58.9 Å². The first-order chi connectivity index (χ1) is 8.11. The summed E-state index contributed by atoms with van der Waals surface area (Å²) < 4.78 is 0. The second kappa shape index (κ2) is 5.12. The molecule has 0 unspecified atom stereocenters. The van der Waals surface area contributed by atoms with Crippen molar-refractivity contribution in [3.05, 3.63) is 29.3 Å². The van der Waals surface area contributed by atoms with Crippen LogP contribution in [0.1, 0.15) is 57.6 Å². The molecule has 0 saturated heterocycles. The van der Waals surface area contributed by atoms with Crippen molar-refractivity contribution in [3.8, 4) is 0 Å². The van der Waals surface area contributed by atoms with Gasteiger partial charge >= 0.3 is 0 Å². The van der Waals surface area contributed by atoms with Gasteiger partial charge in [-0.1, -0.05) is 32.0 Å². The molecular weight excluding hydrogens is 206 g/mol. The molecule has 0 radical (unpaired) electrons. The predicted octanol–water partition coefficient (Wildman–Crippen LogP) is 4.36. The lowest BCUT2D eigenvalue weighted by molar-refractivity contribution is 0.648. The van der Waals surface area contributed by atoms with Gasteiger partial charge in [-0.05, 0) is 50.2 Å². The van der Waals surface area contributed by atoms with Crippen molar-refractivity contribution in [1.29, 1.82) is 0 Å². The van der Waals surface area contributed by atoms with Crippen LogP contribution in [0.25, 0.3) is 0 Å². The van der Waals surface area contributed by atoms with E-state index in [0.29, 0.717) is 12.0 Å². The van der Waals surface area contributed by atoms with Gasteiger partial charge in [0.1, 0.15) is 0 Å². The normalized spacial score (nSPS) is 16.2. The fraction of sp³-hybridized carbons (Fsp3) is 0.625. The van der Waals surface area contributed by atoms with Crippen LogP contribution in [0, 0.1) is 0 Å². The highest BCUT2D eigenvalue weighted by atomic mass is 15.2. The lowest BCUT2D eigenvalue weighted by Crippen LogP contribution is -2.32. The molecule has 1 aliphatic heterocycles. The van der Waals surface area contributed by atoms with E-state index in [1.807, 2.05) is 0 Å². The van der Waals surface area contributed by atoms with Crippen molar-refractivity contribution >= 4 is 5.69 Å². The van der Waals surface area contributed by atoms with E-state index in [0.717, 1.165) is 0 Å². The molecule has 1 heterocycles.